The summed E-state index contributed by atoms with van der Waals surface area (Å²) in [5, 5.41) is 0. The highest BCUT2D eigenvalue weighted by atomic mass is 35.5. The van der Waals surface area contributed by atoms with Crippen LogP contribution in [0.5, 0.6) is 11.5 Å². The Morgan fingerprint density at radius 1 is 1.21 bits per heavy atom. The standard InChI is InChI=1S/C12H16F2N2O2.ClH/c13-12(14)17-10-6-3-4-8(11(10)18-12)9(16)5-1-2-7-15;/h3-4,6,9H,1-2,5,7,15-16H2;1H/t9-;/m0./s1. The van der Waals surface area contributed by atoms with E-state index in [1.807, 2.05) is 0 Å². The van der Waals surface area contributed by atoms with Gasteiger partial charge < -0.3 is 20.9 Å². The van der Waals surface area contributed by atoms with Gasteiger partial charge in [0.15, 0.2) is 11.5 Å². The molecule has 0 aromatic heterocycles. The Morgan fingerprint density at radius 2 is 1.95 bits per heavy atom. The minimum atomic E-state index is -3.60. The fraction of sp³-hybridized carbons (Fsp3) is 0.500. The number of benzene rings is 1. The second kappa shape index (κ2) is 6.36. The monoisotopic (exact) mass is 294 g/mol. The van der Waals surface area contributed by atoms with Crippen molar-refractivity contribution in [3.05, 3.63) is 23.8 Å². The molecule has 19 heavy (non-hydrogen) atoms. The van der Waals surface area contributed by atoms with Crippen molar-refractivity contribution in [3.63, 3.8) is 0 Å². The van der Waals surface area contributed by atoms with Crippen molar-refractivity contribution < 1.29 is 18.3 Å². The van der Waals surface area contributed by atoms with Gasteiger partial charge in [-0.05, 0) is 25.5 Å². The van der Waals surface area contributed by atoms with Gasteiger partial charge in [0.1, 0.15) is 0 Å². The van der Waals surface area contributed by atoms with E-state index in [1.54, 1.807) is 12.1 Å². The lowest BCUT2D eigenvalue weighted by Crippen LogP contribution is -2.26. The molecular formula is C12H17ClF2N2O2. The van der Waals surface area contributed by atoms with E-state index in [0.29, 0.717) is 18.5 Å². The Hall–Kier alpha value is -1.11. The molecule has 7 heteroatoms. The number of fused-ring (bicyclic) bond motifs is 1. The van der Waals surface area contributed by atoms with Crippen LogP contribution in [-0.2, 0) is 0 Å². The summed E-state index contributed by atoms with van der Waals surface area (Å²) in [5.41, 5.74) is 11.9. The Balaban J connectivity index is 0.00000180. The molecule has 0 unspecified atom stereocenters. The van der Waals surface area contributed by atoms with Gasteiger partial charge in [0.2, 0.25) is 0 Å². The SMILES string of the molecule is Cl.NCCCC[C@H](N)c1cccc2c1OC(F)(F)O2. The predicted octanol–water partition coefficient (Wildman–Crippen LogP) is 2.56. The first-order chi connectivity index (χ1) is 8.53. The van der Waals surface area contributed by atoms with Crippen LogP contribution in [0.4, 0.5) is 8.78 Å². The molecule has 1 atom stereocenters. The van der Waals surface area contributed by atoms with Crippen molar-refractivity contribution in [3.8, 4) is 11.5 Å². The number of hydrogen-bond donors (Lipinski definition) is 2. The van der Waals surface area contributed by atoms with E-state index in [4.69, 9.17) is 11.5 Å². The van der Waals surface area contributed by atoms with Gasteiger partial charge >= 0.3 is 6.29 Å². The van der Waals surface area contributed by atoms with E-state index in [-0.39, 0.29) is 29.9 Å². The van der Waals surface area contributed by atoms with E-state index in [9.17, 15) is 8.78 Å². The lowest BCUT2D eigenvalue weighted by Gasteiger charge is -2.14. The Morgan fingerprint density at radius 3 is 2.63 bits per heavy atom. The minimum Gasteiger partial charge on any atom is -0.395 e. The highest BCUT2D eigenvalue weighted by Crippen LogP contribution is 2.45. The Kier molecular flexibility index (Phi) is 5.34. The summed E-state index contributed by atoms with van der Waals surface area (Å²) in [7, 11) is 0. The third-order valence-electron chi connectivity index (χ3n) is 2.83. The zero-order valence-electron chi connectivity index (χ0n) is 10.3. The van der Waals surface area contributed by atoms with E-state index in [0.717, 1.165) is 12.8 Å². The highest BCUT2D eigenvalue weighted by molar-refractivity contribution is 5.85. The molecule has 0 saturated carbocycles. The lowest BCUT2D eigenvalue weighted by atomic mass is 10.0. The average Bonchev–Trinajstić information content (AvgIpc) is 2.62. The van der Waals surface area contributed by atoms with Gasteiger partial charge in [0.25, 0.3) is 0 Å². The third-order valence-corrected chi connectivity index (χ3v) is 2.83. The first kappa shape index (κ1) is 15.9. The van der Waals surface area contributed by atoms with Crippen LogP contribution >= 0.6 is 12.4 Å². The molecule has 1 heterocycles. The van der Waals surface area contributed by atoms with Crippen LogP contribution in [0.25, 0.3) is 0 Å². The van der Waals surface area contributed by atoms with Gasteiger partial charge in [0, 0.05) is 11.6 Å². The molecule has 0 bridgehead atoms. The van der Waals surface area contributed by atoms with Crippen LogP contribution < -0.4 is 20.9 Å². The van der Waals surface area contributed by atoms with Gasteiger partial charge in [-0.1, -0.05) is 18.6 Å². The molecule has 2 rings (SSSR count). The van der Waals surface area contributed by atoms with Crippen molar-refractivity contribution >= 4 is 12.4 Å². The van der Waals surface area contributed by atoms with E-state index in [1.165, 1.54) is 6.07 Å². The maximum absolute atomic E-state index is 13.0. The van der Waals surface area contributed by atoms with Crippen LogP contribution in [0.1, 0.15) is 30.9 Å². The maximum atomic E-state index is 13.0. The predicted molar refractivity (Wildman–Crippen MR) is 69.7 cm³/mol. The van der Waals surface area contributed by atoms with Gasteiger partial charge in [0.05, 0.1) is 0 Å². The first-order valence-corrected chi connectivity index (χ1v) is 5.88. The summed E-state index contributed by atoms with van der Waals surface area (Å²) < 4.78 is 34.8. The molecule has 1 aromatic rings. The third kappa shape index (κ3) is 3.68. The minimum absolute atomic E-state index is 0. The Bertz CT molecular complexity index is 432. The second-order valence-corrected chi connectivity index (χ2v) is 4.23. The zero-order chi connectivity index (χ0) is 13.2. The molecule has 0 saturated heterocycles. The molecule has 0 spiro atoms. The fourth-order valence-electron chi connectivity index (χ4n) is 1.95. The molecule has 0 fully saturated rings. The van der Waals surface area contributed by atoms with Crippen LogP contribution in [0.15, 0.2) is 18.2 Å². The molecule has 0 aliphatic carbocycles. The van der Waals surface area contributed by atoms with Crippen molar-refractivity contribution in [2.45, 2.75) is 31.6 Å². The Labute approximate surface area is 116 Å². The summed E-state index contributed by atoms with van der Waals surface area (Å²) in [6, 6.07) is 4.38. The molecule has 108 valence electrons. The van der Waals surface area contributed by atoms with Gasteiger partial charge in [-0.2, -0.15) is 0 Å². The molecule has 1 aromatic carbocycles. The molecule has 1 aliphatic heterocycles. The molecular weight excluding hydrogens is 278 g/mol. The molecule has 4 nitrogen and oxygen atoms in total. The van der Waals surface area contributed by atoms with E-state index >= 15 is 0 Å². The topological polar surface area (TPSA) is 70.5 Å². The normalized spacial score (nSPS) is 16.8. The van der Waals surface area contributed by atoms with Crippen molar-refractivity contribution in [1.82, 2.24) is 0 Å². The summed E-state index contributed by atoms with van der Waals surface area (Å²) in [5.74, 6) is 0.0783. The molecule has 1 aliphatic rings. The summed E-state index contributed by atoms with van der Waals surface area (Å²) in [6.07, 6.45) is -1.23. The number of alkyl halides is 2. The van der Waals surface area contributed by atoms with Crippen LogP contribution in [0, 0.1) is 0 Å². The van der Waals surface area contributed by atoms with E-state index < -0.39 is 6.29 Å². The number of halogens is 3. The van der Waals surface area contributed by atoms with Gasteiger partial charge in [-0.3, -0.25) is 0 Å². The summed E-state index contributed by atoms with van der Waals surface area (Å²) >= 11 is 0. The number of para-hydroxylation sites is 1. The summed E-state index contributed by atoms with van der Waals surface area (Å²) in [4.78, 5) is 0. The molecule has 0 radical (unpaired) electrons. The second-order valence-electron chi connectivity index (χ2n) is 4.23. The zero-order valence-corrected chi connectivity index (χ0v) is 11.1. The quantitative estimate of drug-likeness (QED) is 0.819. The lowest BCUT2D eigenvalue weighted by molar-refractivity contribution is -0.287. The molecule has 4 N–H and O–H groups in total. The van der Waals surface area contributed by atoms with Crippen molar-refractivity contribution in [2.75, 3.05) is 6.54 Å². The maximum Gasteiger partial charge on any atom is 0.586 e. The number of nitrogens with two attached hydrogens (primary N) is 2. The highest BCUT2D eigenvalue weighted by Gasteiger charge is 2.44. The molecule has 0 amide bonds. The number of ether oxygens (including phenoxy) is 2. The number of rotatable bonds is 5. The van der Waals surface area contributed by atoms with Gasteiger partial charge in [-0.15, -0.1) is 21.2 Å². The van der Waals surface area contributed by atoms with Crippen LogP contribution in [-0.4, -0.2) is 12.8 Å². The smallest absolute Gasteiger partial charge is 0.395 e. The van der Waals surface area contributed by atoms with Crippen molar-refractivity contribution in [1.29, 1.82) is 0 Å². The number of unbranched alkanes of at least 4 members (excludes halogenated alkanes) is 1. The summed E-state index contributed by atoms with van der Waals surface area (Å²) in [6.45, 7) is 0.595. The number of hydrogen-bond acceptors (Lipinski definition) is 4. The van der Waals surface area contributed by atoms with Gasteiger partial charge in [-0.25, -0.2) is 0 Å². The fourth-order valence-corrected chi connectivity index (χ4v) is 1.95. The van der Waals surface area contributed by atoms with Crippen molar-refractivity contribution in [2.24, 2.45) is 11.5 Å². The largest absolute Gasteiger partial charge is 0.586 e. The van der Waals surface area contributed by atoms with Crippen LogP contribution in [0.3, 0.4) is 0 Å². The van der Waals surface area contributed by atoms with Crippen LogP contribution in [0.2, 0.25) is 0 Å². The van der Waals surface area contributed by atoms with E-state index in [2.05, 4.69) is 9.47 Å². The first-order valence-electron chi connectivity index (χ1n) is 5.88. The average molecular weight is 295 g/mol.